The van der Waals surface area contributed by atoms with Gasteiger partial charge in [-0.2, -0.15) is 0 Å². The average Bonchev–Trinajstić information content (AvgIpc) is 2.58. The number of amides is 1. The first-order valence-corrected chi connectivity index (χ1v) is 13.0. The molecule has 7 heteroatoms. The van der Waals surface area contributed by atoms with Gasteiger partial charge in [0.2, 0.25) is 0 Å². The molecule has 6 nitrogen and oxygen atoms in total. The predicted molar refractivity (Wildman–Crippen MR) is 116 cm³/mol. The second-order valence-electron chi connectivity index (χ2n) is 10.0. The van der Waals surface area contributed by atoms with Crippen molar-refractivity contribution in [2.45, 2.75) is 71.3 Å². The van der Waals surface area contributed by atoms with Gasteiger partial charge >= 0.3 is 6.09 Å². The van der Waals surface area contributed by atoms with Crippen molar-refractivity contribution in [2.75, 3.05) is 31.1 Å². The quantitative estimate of drug-likeness (QED) is 0.687. The van der Waals surface area contributed by atoms with Gasteiger partial charge in [0.15, 0.2) is 8.32 Å². The van der Waals surface area contributed by atoms with E-state index < -0.39 is 13.9 Å². The summed E-state index contributed by atoms with van der Waals surface area (Å²) in [5.41, 5.74) is -0.498. The molecule has 1 fully saturated rings. The van der Waals surface area contributed by atoms with Crippen LogP contribution in [0.5, 0.6) is 0 Å². The third-order valence-corrected chi connectivity index (χ3v) is 10.0. The molecule has 1 saturated heterocycles. The Morgan fingerprint density at radius 2 is 1.86 bits per heavy atom. The number of aromatic nitrogens is 1. The maximum absolute atomic E-state index is 12.6. The maximum atomic E-state index is 12.6. The summed E-state index contributed by atoms with van der Waals surface area (Å²) in [6.07, 6.45) is 1.55. The summed E-state index contributed by atoms with van der Waals surface area (Å²) in [4.78, 5) is 21.2. The van der Waals surface area contributed by atoms with E-state index >= 15 is 0 Å². The minimum atomic E-state index is -1.89. The fourth-order valence-electron chi connectivity index (χ4n) is 2.84. The van der Waals surface area contributed by atoms with Crippen LogP contribution in [0.3, 0.4) is 0 Å². The van der Waals surface area contributed by atoms with Gasteiger partial charge in [-0.3, -0.25) is 0 Å². The zero-order chi connectivity index (χ0) is 21.2. The van der Waals surface area contributed by atoms with E-state index in [4.69, 9.17) is 9.16 Å². The zero-order valence-corrected chi connectivity index (χ0v) is 19.8. The smallest absolute Gasteiger partial charge is 0.410 e. The first-order chi connectivity index (χ1) is 12.8. The fourth-order valence-corrected chi connectivity index (χ4v) is 3.88. The van der Waals surface area contributed by atoms with E-state index in [0.29, 0.717) is 26.2 Å². The Morgan fingerprint density at radius 1 is 1.18 bits per heavy atom. The van der Waals surface area contributed by atoms with Gasteiger partial charge in [0, 0.05) is 25.8 Å². The zero-order valence-electron chi connectivity index (χ0n) is 18.8. The van der Waals surface area contributed by atoms with Crippen LogP contribution in [0.15, 0.2) is 24.4 Å². The molecule has 0 N–H and O–H groups in total. The van der Waals surface area contributed by atoms with Gasteiger partial charge < -0.3 is 19.0 Å². The lowest BCUT2D eigenvalue weighted by Crippen LogP contribution is -2.58. The first-order valence-electron chi connectivity index (χ1n) is 10.1. The minimum absolute atomic E-state index is 0.0466. The summed E-state index contributed by atoms with van der Waals surface area (Å²) in [5, 5.41) is 0.141. The Bertz CT molecular complexity index is 653. The largest absolute Gasteiger partial charge is 0.444 e. The number of ether oxygens (including phenoxy) is 1. The second kappa shape index (κ2) is 8.41. The number of rotatable bonds is 4. The molecule has 158 valence electrons. The summed E-state index contributed by atoms with van der Waals surface area (Å²) >= 11 is 0. The van der Waals surface area contributed by atoms with Gasteiger partial charge in [-0.15, -0.1) is 0 Å². The monoisotopic (exact) mass is 407 g/mol. The number of piperazine rings is 1. The van der Waals surface area contributed by atoms with Crippen molar-refractivity contribution in [3.05, 3.63) is 24.4 Å². The standard InChI is InChI=1S/C21H37N3O3Si/c1-20(2,3)27-19(25)23-13-14-24(18-11-9-10-12-22-18)17(15-23)16-26-28(7,8)21(4,5)6/h9-12,17H,13-16H2,1-8H3/t17-/m0/s1. The summed E-state index contributed by atoms with van der Waals surface area (Å²) in [7, 11) is -1.89. The van der Waals surface area contributed by atoms with Gasteiger partial charge in [-0.25, -0.2) is 9.78 Å². The van der Waals surface area contributed by atoms with E-state index in [0.717, 1.165) is 5.82 Å². The molecule has 1 amide bonds. The molecule has 0 aromatic carbocycles. The molecule has 0 bridgehead atoms. The first kappa shape index (κ1) is 22.7. The number of carbonyl (C=O) groups is 1. The van der Waals surface area contributed by atoms with Gasteiger partial charge in [0.1, 0.15) is 11.4 Å². The summed E-state index contributed by atoms with van der Waals surface area (Å²) in [5.74, 6) is 0.926. The lowest BCUT2D eigenvalue weighted by Gasteiger charge is -2.44. The van der Waals surface area contributed by atoms with Gasteiger partial charge in [-0.05, 0) is 51.0 Å². The van der Waals surface area contributed by atoms with Crippen molar-refractivity contribution >= 4 is 20.2 Å². The average molecular weight is 408 g/mol. The van der Waals surface area contributed by atoms with E-state index in [9.17, 15) is 4.79 Å². The van der Waals surface area contributed by atoms with Crippen LogP contribution in [0, 0.1) is 0 Å². The van der Waals surface area contributed by atoms with Crippen LogP contribution in [-0.4, -0.2) is 62.2 Å². The molecule has 1 atom stereocenters. The van der Waals surface area contributed by atoms with Crippen LogP contribution in [0.2, 0.25) is 18.1 Å². The van der Waals surface area contributed by atoms with Crippen molar-refractivity contribution < 1.29 is 14.0 Å². The van der Waals surface area contributed by atoms with Crippen molar-refractivity contribution in [3.63, 3.8) is 0 Å². The van der Waals surface area contributed by atoms with Crippen molar-refractivity contribution in [1.29, 1.82) is 0 Å². The van der Waals surface area contributed by atoms with Gasteiger partial charge in [0.05, 0.1) is 12.6 Å². The molecule has 2 heterocycles. The SMILES string of the molecule is CC(C)(C)OC(=O)N1CCN(c2ccccn2)[C@H](CO[Si](C)(C)C(C)(C)C)C1. The van der Waals surface area contributed by atoms with Gasteiger partial charge in [-0.1, -0.05) is 26.8 Å². The number of carbonyl (C=O) groups excluding carboxylic acids is 1. The number of pyridine rings is 1. The molecular formula is C21H37N3O3Si. The molecule has 2 rings (SSSR count). The van der Waals surface area contributed by atoms with Crippen LogP contribution in [0.4, 0.5) is 10.6 Å². The normalized spacial score (nSPS) is 18.9. The fraction of sp³-hybridized carbons (Fsp3) is 0.714. The minimum Gasteiger partial charge on any atom is -0.444 e. The van der Waals surface area contributed by atoms with Crippen molar-refractivity contribution in [2.24, 2.45) is 0 Å². The van der Waals surface area contributed by atoms with Crippen LogP contribution < -0.4 is 4.90 Å². The molecule has 0 saturated carbocycles. The Kier molecular flexibility index (Phi) is 6.81. The molecule has 0 spiro atoms. The third-order valence-electron chi connectivity index (χ3n) is 5.52. The van der Waals surface area contributed by atoms with E-state index in [-0.39, 0.29) is 17.2 Å². The van der Waals surface area contributed by atoms with Crippen molar-refractivity contribution in [3.8, 4) is 0 Å². The maximum Gasteiger partial charge on any atom is 0.410 e. The van der Waals surface area contributed by atoms with Crippen LogP contribution in [-0.2, 0) is 9.16 Å². The molecule has 0 radical (unpaired) electrons. The topological polar surface area (TPSA) is 54.9 Å². The number of hydrogen-bond donors (Lipinski definition) is 0. The molecule has 1 aliphatic rings. The summed E-state index contributed by atoms with van der Waals surface area (Å²) in [6, 6.07) is 5.98. The highest BCUT2D eigenvalue weighted by atomic mass is 28.4. The molecule has 1 aromatic rings. The highest BCUT2D eigenvalue weighted by Gasteiger charge is 2.39. The van der Waals surface area contributed by atoms with E-state index in [1.165, 1.54) is 0 Å². The molecule has 1 aromatic heterocycles. The van der Waals surface area contributed by atoms with E-state index in [1.54, 1.807) is 11.1 Å². The number of anilines is 1. The Morgan fingerprint density at radius 3 is 2.39 bits per heavy atom. The Hall–Kier alpha value is -1.60. The lowest BCUT2D eigenvalue weighted by molar-refractivity contribution is 0.0199. The van der Waals surface area contributed by atoms with Crippen LogP contribution in [0.25, 0.3) is 0 Å². The molecule has 1 aliphatic heterocycles. The van der Waals surface area contributed by atoms with E-state index in [2.05, 4.69) is 43.7 Å². The molecular weight excluding hydrogens is 370 g/mol. The summed E-state index contributed by atoms with van der Waals surface area (Å²) < 4.78 is 12.1. The van der Waals surface area contributed by atoms with Gasteiger partial charge in [0.25, 0.3) is 0 Å². The number of hydrogen-bond acceptors (Lipinski definition) is 5. The molecule has 0 aliphatic carbocycles. The highest BCUT2D eigenvalue weighted by Crippen LogP contribution is 2.37. The Balaban J connectivity index is 2.16. The lowest BCUT2D eigenvalue weighted by atomic mass is 10.1. The van der Waals surface area contributed by atoms with Crippen LogP contribution in [0.1, 0.15) is 41.5 Å². The van der Waals surface area contributed by atoms with Crippen LogP contribution >= 0.6 is 0 Å². The second-order valence-corrected chi connectivity index (χ2v) is 14.8. The predicted octanol–water partition coefficient (Wildman–Crippen LogP) is 4.53. The van der Waals surface area contributed by atoms with E-state index in [1.807, 2.05) is 39.0 Å². The Labute approximate surface area is 171 Å². The molecule has 28 heavy (non-hydrogen) atoms. The number of nitrogens with zero attached hydrogens (tertiary/aromatic N) is 3. The highest BCUT2D eigenvalue weighted by molar-refractivity contribution is 6.74. The summed E-state index contributed by atoms with van der Waals surface area (Å²) in [6.45, 7) is 19.4. The molecule has 0 unspecified atom stereocenters. The third kappa shape index (κ3) is 5.94. The van der Waals surface area contributed by atoms with Crippen molar-refractivity contribution in [1.82, 2.24) is 9.88 Å².